The van der Waals surface area contributed by atoms with E-state index in [1.165, 1.54) is 12.8 Å². The molecule has 2 heteroatoms. The lowest BCUT2D eigenvalue weighted by atomic mass is 9.81. The number of alkyl halides is 1. The molecule has 1 fully saturated rings. The Morgan fingerprint density at radius 2 is 2.06 bits per heavy atom. The van der Waals surface area contributed by atoms with E-state index in [-0.39, 0.29) is 11.5 Å². The zero-order valence-electron chi connectivity index (χ0n) is 12.3. The van der Waals surface area contributed by atoms with Crippen molar-refractivity contribution < 1.29 is 5.11 Å². The van der Waals surface area contributed by atoms with Crippen LogP contribution in [0.3, 0.4) is 0 Å². The first-order chi connectivity index (χ1) is 8.38. The molecule has 0 aliphatic heterocycles. The van der Waals surface area contributed by atoms with Crippen LogP contribution in [0.15, 0.2) is 12.2 Å². The summed E-state index contributed by atoms with van der Waals surface area (Å²) in [6.07, 6.45) is 9.58. The highest BCUT2D eigenvalue weighted by molar-refractivity contribution is 6.20. The Morgan fingerprint density at radius 3 is 2.56 bits per heavy atom. The lowest BCUT2D eigenvalue weighted by Gasteiger charge is -2.29. The second kappa shape index (κ2) is 6.96. The van der Waals surface area contributed by atoms with Gasteiger partial charge in [-0.3, -0.25) is 0 Å². The van der Waals surface area contributed by atoms with Gasteiger partial charge < -0.3 is 5.11 Å². The van der Waals surface area contributed by atoms with Crippen molar-refractivity contribution in [2.24, 2.45) is 17.3 Å². The molecule has 1 nitrogen and oxygen atoms in total. The van der Waals surface area contributed by atoms with Gasteiger partial charge in [0.15, 0.2) is 0 Å². The molecule has 0 aromatic heterocycles. The van der Waals surface area contributed by atoms with E-state index in [2.05, 4.69) is 33.8 Å². The molecule has 0 aromatic rings. The molecule has 0 bridgehead atoms. The van der Waals surface area contributed by atoms with E-state index in [1.54, 1.807) is 0 Å². The van der Waals surface area contributed by atoms with Crippen molar-refractivity contribution in [2.75, 3.05) is 0 Å². The quantitative estimate of drug-likeness (QED) is 0.545. The van der Waals surface area contributed by atoms with Crippen LogP contribution >= 0.6 is 11.6 Å². The highest BCUT2D eigenvalue weighted by atomic mass is 35.5. The average molecular weight is 273 g/mol. The molecular formula is C16H29ClO. The topological polar surface area (TPSA) is 20.2 Å². The van der Waals surface area contributed by atoms with Gasteiger partial charge in [0.1, 0.15) is 0 Å². The third kappa shape index (κ3) is 4.28. The Morgan fingerprint density at radius 1 is 1.39 bits per heavy atom. The summed E-state index contributed by atoms with van der Waals surface area (Å²) in [5, 5.41) is 10.6. The monoisotopic (exact) mass is 272 g/mol. The highest BCUT2D eigenvalue weighted by Crippen LogP contribution is 2.37. The smallest absolute Gasteiger partial charge is 0.0771 e. The van der Waals surface area contributed by atoms with E-state index in [4.69, 9.17) is 11.6 Å². The van der Waals surface area contributed by atoms with Crippen LogP contribution in [-0.2, 0) is 0 Å². The minimum atomic E-state index is -0.342. The maximum Gasteiger partial charge on any atom is 0.0771 e. The summed E-state index contributed by atoms with van der Waals surface area (Å²) >= 11 is 6.23. The van der Waals surface area contributed by atoms with Gasteiger partial charge in [-0.05, 0) is 36.5 Å². The van der Waals surface area contributed by atoms with Crippen molar-refractivity contribution >= 4 is 11.6 Å². The van der Waals surface area contributed by atoms with Crippen molar-refractivity contribution in [1.82, 2.24) is 0 Å². The SMILES string of the molecule is CCCCC(C)(C)[C@H](O)/C=C/[C@H]1CC[C@@H](Cl)[C@@H]1C. The van der Waals surface area contributed by atoms with E-state index in [0.717, 1.165) is 19.3 Å². The van der Waals surface area contributed by atoms with E-state index < -0.39 is 0 Å². The summed E-state index contributed by atoms with van der Waals surface area (Å²) < 4.78 is 0. The van der Waals surface area contributed by atoms with Crippen LogP contribution < -0.4 is 0 Å². The molecular weight excluding hydrogens is 244 g/mol. The molecule has 0 aromatic carbocycles. The van der Waals surface area contributed by atoms with Crippen LogP contribution in [0.5, 0.6) is 0 Å². The molecule has 0 amide bonds. The third-order valence-corrected chi connectivity index (χ3v) is 5.15. The van der Waals surface area contributed by atoms with Crippen molar-refractivity contribution in [3.63, 3.8) is 0 Å². The number of hydrogen-bond acceptors (Lipinski definition) is 1. The summed E-state index contributed by atoms with van der Waals surface area (Å²) in [5.41, 5.74) is -0.0191. The number of allylic oxidation sites excluding steroid dienone is 1. The van der Waals surface area contributed by atoms with Gasteiger partial charge in [0.25, 0.3) is 0 Å². The van der Waals surface area contributed by atoms with Crippen molar-refractivity contribution in [3.05, 3.63) is 12.2 Å². The van der Waals surface area contributed by atoms with Gasteiger partial charge in [-0.25, -0.2) is 0 Å². The van der Waals surface area contributed by atoms with E-state index in [1.807, 2.05) is 6.08 Å². The van der Waals surface area contributed by atoms with Gasteiger partial charge in [0, 0.05) is 5.38 Å². The third-order valence-electron chi connectivity index (χ3n) is 4.54. The Labute approximate surface area is 118 Å². The van der Waals surface area contributed by atoms with Gasteiger partial charge in [0.2, 0.25) is 0 Å². The lowest BCUT2D eigenvalue weighted by Crippen LogP contribution is -2.27. The van der Waals surface area contributed by atoms with Gasteiger partial charge in [-0.1, -0.05) is 52.7 Å². The minimum Gasteiger partial charge on any atom is -0.388 e. The van der Waals surface area contributed by atoms with Crippen LogP contribution in [-0.4, -0.2) is 16.6 Å². The molecule has 106 valence electrons. The van der Waals surface area contributed by atoms with Crippen LogP contribution in [0.4, 0.5) is 0 Å². The molecule has 1 aliphatic rings. The van der Waals surface area contributed by atoms with Gasteiger partial charge >= 0.3 is 0 Å². The number of rotatable bonds is 6. The normalized spacial score (nSPS) is 31.1. The zero-order chi connectivity index (χ0) is 13.8. The maximum atomic E-state index is 10.3. The molecule has 1 N–H and O–H groups in total. The van der Waals surface area contributed by atoms with Crippen LogP contribution in [0.2, 0.25) is 0 Å². The zero-order valence-corrected chi connectivity index (χ0v) is 13.1. The second-order valence-electron chi connectivity index (χ2n) is 6.54. The summed E-state index contributed by atoms with van der Waals surface area (Å²) in [4.78, 5) is 0. The predicted octanol–water partition coefficient (Wildman–Crippen LogP) is 4.77. The molecule has 1 aliphatic carbocycles. The van der Waals surface area contributed by atoms with Gasteiger partial charge in [-0.15, -0.1) is 11.6 Å². The second-order valence-corrected chi connectivity index (χ2v) is 7.10. The number of unbranched alkanes of at least 4 members (excludes halogenated alkanes) is 1. The van der Waals surface area contributed by atoms with E-state index in [9.17, 15) is 5.11 Å². The van der Waals surface area contributed by atoms with Crippen LogP contribution in [0.25, 0.3) is 0 Å². The lowest BCUT2D eigenvalue weighted by molar-refractivity contribution is 0.0810. The molecule has 18 heavy (non-hydrogen) atoms. The first-order valence-corrected chi connectivity index (χ1v) is 7.82. The van der Waals surface area contributed by atoms with Gasteiger partial charge in [-0.2, -0.15) is 0 Å². The largest absolute Gasteiger partial charge is 0.388 e. The highest BCUT2D eigenvalue weighted by Gasteiger charge is 2.30. The Kier molecular flexibility index (Phi) is 6.20. The fourth-order valence-corrected chi connectivity index (χ4v) is 3.02. The van der Waals surface area contributed by atoms with Gasteiger partial charge in [0.05, 0.1) is 6.10 Å². The maximum absolute atomic E-state index is 10.3. The first-order valence-electron chi connectivity index (χ1n) is 7.39. The van der Waals surface area contributed by atoms with Crippen LogP contribution in [0.1, 0.15) is 59.8 Å². The Balaban J connectivity index is 2.50. The molecule has 0 saturated heterocycles. The number of hydrogen-bond donors (Lipinski definition) is 1. The summed E-state index contributed by atoms with van der Waals surface area (Å²) in [6, 6.07) is 0. The molecule has 1 rings (SSSR count). The molecule has 0 heterocycles. The summed E-state index contributed by atoms with van der Waals surface area (Å²) in [5.74, 6) is 1.08. The van der Waals surface area contributed by atoms with Crippen LogP contribution in [0, 0.1) is 17.3 Å². The number of halogens is 1. The standard InChI is InChI=1S/C16H29ClO/c1-5-6-11-16(3,4)15(18)10-8-13-7-9-14(17)12(13)2/h8,10,12-15,18H,5-7,9,11H2,1-4H3/b10-8+/t12-,13-,14-,15-/m1/s1. The number of aliphatic hydroxyl groups is 1. The molecule has 0 radical (unpaired) electrons. The first kappa shape index (κ1) is 16.0. The average Bonchev–Trinajstić information content (AvgIpc) is 2.64. The molecule has 0 unspecified atom stereocenters. The molecule has 0 spiro atoms. The predicted molar refractivity (Wildman–Crippen MR) is 80.0 cm³/mol. The van der Waals surface area contributed by atoms with Crippen molar-refractivity contribution in [2.45, 2.75) is 71.3 Å². The summed E-state index contributed by atoms with van der Waals surface area (Å²) in [6.45, 7) is 8.72. The van der Waals surface area contributed by atoms with E-state index >= 15 is 0 Å². The Bertz CT molecular complexity index is 272. The summed E-state index contributed by atoms with van der Waals surface area (Å²) in [7, 11) is 0. The van der Waals surface area contributed by atoms with E-state index in [0.29, 0.717) is 17.2 Å². The molecule has 1 saturated carbocycles. The molecule has 4 atom stereocenters. The Hall–Kier alpha value is -0.0100. The minimum absolute atomic E-state index is 0.0191. The van der Waals surface area contributed by atoms with Crippen molar-refractivity contribution in [3.8, 4) is 0 Å². The fraction of sp³-hybridized carbons (Fsp3) is 0.875. The van der Waals surface area contributed by atoms with Crippen molar-refractivity contribution in [1.29, 1.82) is 0 Å². The fourth-order valence-electron chi connectivity index (χ4n) is 2.71. The number of aliphatic hydroxyl groups excluding tert-OH is 1.